The lowest BCUT2D eigenvalue weighted by atomic mass is 9.46. The van der Waals surface area contributed by atoms with Crippen LogP contribution >= 0.6 is 0 Å². The van der Waals surface area contributed by atoms with Crippen LogP contribution in [0.2, 0.25) is 25.7 Å². The molecule has 0 aromatic rings. The van der Waals surface area contributed by atoms with Crippen LogP contribution in [0.1, 0.15) is 71.1 Å². The first kappa shape index (κ1) is 22.1. The Morgan fingerprint density at radius 1 is 1.06 bits per heavy atom. The summed E-state index contributed by atoms with van der Waals surface area (Å²) in [5.41, 5.74) is 2.64. The van der Waals surface area contributed by atoms with Gasteiger partial charge in [-0.3, -0.25) is 0 Å². The van der Waals surface area contributed by atoms with E-state index in [2.05, 4.69) is 32.6 Å². The van der Waals surface area contributed by atoms with Gasteiger partial charge in [0.1, 0.15) is 0 Å². The third kappa shape index (κ3) is 3.64. The molecule has 4 aliphatic carbocycles. The highest BCUT2D eigenvalue weighted by Crippen LogP contribution is 2.69. The van der Waals surface area contributed by atoms with Gasteiger partial charge in [-0.05, 0) is 87.5 Å². The summed E-state index contributed by atoms with van der Waals surface area (Å²) in [4.78, 5) is 0. The molecule has 0 aromatic heterocycles. The van der Waals surface area contributed by atoms with E-state index in [1.165, 1.54) is 44.1 Å². The van der Waals surface area contributed by atoms with Crippen LogP contribution in [0.25, 0.3) is 0 Å². The third-order valence-corrected chi connectivity index (χ3v) is 11.2. The maximum absolute atomic E-state index is 12.7. The largest absolute Gasteiger partial charge is 0.465 e. The minimum absolute atomic E-state index is 0.0676. The van der Waals surface area contributed by atoms with E-state index >= 15 is 0 Å². The van der Waals surface area contributed by atoms with Crippen molar-refractivity contribution in [3.8, 4) is 0 Å². The molecule has 1 N–H and O–H groups in total. The maximum Gasteiger partial charge on any atom is 0.278 e. The van der Waals surface area contributed by atoms with E-state index in [0.717, 1.165) is 50.9 Å². The molecule has 3 saturated carbocycles. The second-order valence-corrected chi connectivity index (χ2v) is 18.0. The van der Waals surface area contributed by atoms with Crippen LogP contribution in [-0.4, -0.2) is 32.0 Å². The molecule has 5 unspecified atom stereocenters. The van der Waals surface area contributed by atoms with Crippen LogP contribution in [0.5, 0.6) is 0 Å². The fraction of sp³-hybridized carbons (Fsp3) is 0.852. The average Bonchev–Trinajstić information content (AvgIpc) is 3.11. The Labute approximate surface area is 190 Å². The van der Waals surface area contributed by atoms with Crippen LogP contribution < -0.4 is 0 Å². The van der Waals surface area contributed by atoms with Crippen molar-refractivity contribution in [2.45, 2.75) is 102 Å². The van der Waals surface area contributed by atoms with Crippen molar-refractivity contribution in [1.29, 1.82) is 0 Å². The first-order chi connectivity index (χ1) is 14.8. The first-order valence-corrected chi connectivity index (χ1v) is 16.9. The van der Waals surface area contributed by atoms with Crippen molar-refractivity contribution >= 4 is 8.07 Å². The fourth-order valence-corrected chi connectivity index (χ4v) is 11.1. The molecule has 4 fully saturated rings. The second kappa shape index (κ2) is 7.94. The molecule has 0 aromatic carbocycles. The Hall–Kier alpha value is -0.743. The Morgan fingerprint density at radius 3 is 2.55 bits per heavy atom. The van der Waals surface area contributed by atoms with Gasteiger partial charge in [-0.15, -0.1) is 0 Å². The highest BCUT2D eigenvalue weighted by Gasteiger charge is 2.65. The Balaban J connectivity index is 1.61. The molecule has 6 atom stereocenters. The number of aliphatic hydroxyl groups is 1. The molecule has 174 valence electrons. The van der Waals surface area contributed by atoms with Gasteiger partial charge in [0.2, 0.25) is 0 Å². The summed E-state index contributed by atoms with van der Waals surface area (Å²) in [6.07, 6.45) is 14.3. The van der Waals surface area contributed by atoms with Gasteiger partial charge in [0.25, 0.3) is 5.95 Å². The molecule has 1 aliphatic heterocycles. The van der Waals surface area contributed by atoms with E-state index in [0.29, 0.717) is 23.7 Å². The first-order valence-electron chi connectivity index (χ1n) is 13.2. The van der Waals surface area contributed by atoms with Crippen molar-refractivity contribution in [1.82, 2.24) is 0 Å². The topological polar surface area (TPSA) is 38.7 Å². The molecule has 0 radical (unpaired) electrons. The third-order valence-electron chi connectivity index (χ3n) is 9.51. The molecular weight excluding hydrogens is 400 g/mol. The summed E-state index contributed by atoms with van der Waals surface area (Å²) < 4.78 is 12.2. The summed E-state index contributed by atoms with van der Waals surface area (Å²) in [5.74, 6) is 3.27. The molecule has 31 heavy (non-hydrogen) atoms. The van der Waals surface area contributed by atoms with Crippen molar-refractivity contribution in [3.63, 3.8) is 0 Å². The monoisotopic (exact) mass is 444 g/mol. The molecule has 1 saturated heterocycles. The van der Waals surface area contributed by atoms with E-state index in [4.69, 9.17) is 9.47 Å². The molecule has 5 rings (SSSR count). The number of allylic oxidation sites excluding steroid dienone is 3. The Kier molecular flexibility index (Phi) is 5.65. The SMILES string of the molecule is CC[C@]12CC(O)(C[Si](C)(C)C)C3C4CCCC=C4CCC3C1CCC2=C1OCCCO1. The summed E-state index contributed by atoms with van der Waals surface area (Å²) in [6, 6.07) is 1.03. The summed E-state index contributed by atoms with van der Waals surface area (Å²) in [7, 11) is -1.45. The van der Waals surface area contributed by atoms with Crippen LogP contribution in [0, 0.1) is 29.1 Å². The zero-order valence-corrected chi connectivity index (χ0v) is 21.3. The van der Waals surface area contributed by atoms with Crippen molar-refractivity contribution < 1.29 is 14.6 Å². The fourth-order valence-electron chi connectivity index (χ4n) is 8.88. The number of ether oxygens (including phenoxy) is 2. The summed E-state index contributed by atoms with van der Waals surface area (Å²) in [5, 5.41) is 12.7. The predicted molar refractivity (Wildman–Crippen MR) is 128 cm³/mol. The minimum atomic E-state index is -1.45. The van der Waals surface area contributed by atoms with E-state index in [-0.39, 0.29) is 5.41 Å². The van der Waals surface area contributed by atoms with Gasteiger partial charge in [-0.1, -0.05) is 38.2 Å². The second-order valence-electron chi connectivity index (χ2n) is 12.5. The quantitative estimate of drug-likeness (QED) is 0.390. The van der Waals surface area contributed by atoms with Gasteiger partial charge in [0, 0.05) is 25.5 Å². The Morgan fingerprint density at radius 2 is 1.84 bits per heavy atom. The minimum Gasteiger partial charge on any atom is -0.465 e. The number of hydrogen-bond donors (Lipinski definition) is 1. The lowest BCUT2D eigenvalue weighted by Crippen LogP contribution is -2.61. The molecule has 0 spiro atoms. The van der Waals surface area contributed by atoms with Crippen LogP contribution in [0.4, 0.5) is 0 Å². The van der Waals surface area contributed by atoms with E-state index < -0.39 is 13.7 Å². The van der Waals surface area contributed by atoms with Gasteiger partial charge < -0.3 is 14.6 Å². The molecular formula is C27H44O3Si. The molecule has 4 heteroatoms. The lowest BCUT2D eigenvalue weighted by molar-refractivity contribution is -0.153. The molecule has 1 heterocycles. The van der Waals surface area contributed by atoms with Crippen molar-refractivity contribution in [3.05, 3.63) is 23.2 Å². The number of fused-ring (bicyclic) bond motifs is 5. The van der Waals surface area contributed by atoms with Gasteiger partial charge >= 0.3 is 0 Å². The summed E-state index contributed by atoms with van der Waals surface area (Å²) in [6.45, 7) is 11.3. The molecule has 3 nitrogen and oxygen atoms in total. The molecule has 5 aliphatic rings. The zero-order valence-electron chi connectivity index (χ0n) is 20.3. The van der Waals surface area contributed by atoms with Crippen molar-refractivity contribution in [2.75, 3.05) is 13.2 Å². The van der Waals surface area contributed by atoms with E-state index in [9.17, 15) is 5.11 Å². The number of hydrogen-bond acceptors (Lipinski definition) is 3. The smallest absolute Gasteiger partial charge is 0.278 e. The lowest BCUT2D eigenvalue weighted by Gasteiger charge is -2.61. The molecule has 0 amide bonds. The highest BCUT2D eigenvalue weighted by molar-refractivity contribution is 6.76. The zero-order chi connectivity index (χ0) is 21.9. The standard InChI is InChI=1S/C27H44O3Si/c1-5-26-17-27(28,18-31(2,3)4)24-20-10-7-6-9-19(20)11-12-21(24)22(26)13-14-23(26)25-29-15-8-16-30-25/h9,20-22,24,28H,5-8,10-18H2,1-4H3/t20?,21?,22?,24?,26-,27?/m0/s1. The average molecular weight is 445 g/mol. The predicted octanol–water partition coefficient (Wildman–Crippen LogP) is 6.67. The molecule has 0 bridgehead atoms. The van der Waals surface area contributed by atoms with Gasteiger partial charge in [-0.25, -0.2) is 0 Å². The normalized spacial score (nSPS) is 42.7. The Bertz CT molecular complexity index is 757. The van der Waals surface area contributed by atoms with Crippen molar-refractivity contribution in [2.24, 2.45) is 29.1 Å². The maximum atomic E-state index is 12.7. The van der Waals surface area contributed by atoms with Gasteiger partial charge in [0.15, 0.2) is 0 Å². The van der Waals surface area contributed by atoms with E-state index in [1.807, 2.05) is 0 Å². The van der Waals surface area contributed by atoms with Crippen LogP contribution in [0.15, 0.2) is 23.2 Å². The number of rotatable bonds is 3. The van der Waals surface area contributed by atoms with Gasteiger partial charge in [-0.2, -0.15) is 0 Å². The summed E-state index contributed by atoms with van der Waals surface area (Å²) >= 11 is 0. The van der Waals surface area contributed by atoms with Gasteiger partial charge in [0.05, 0.1) is 18.8 Å². The van der Waals surface area contributed by atoms with E-state index in [1.54, 1.807) is 5.57 Å². The van der Waals surface area contributed by atoms with Crippen LogP contribution in [0.3, 0.4) is 0 Å². The highest BCUT2D eigenvalue weighted by atomic mass is 28.3. The van der Waals surface area contributed by atoms with Crippen LogP contribution in [-0.2, 0) is 9.47 Å².